The lowest BCUT2D eigenvalue weighted by Gasteiger charge is -2.30. The second kappa shape index (κ2) is 5.17. The highest BCUT2D eigenvalue weighted by atomic mass is 16.6. The third-order valence-corrected chi connectivity index (χ3v) is 2.92. The van der Waals surface area contributed by atoms with E-state index in [0.29, 0.717) is 18.9 Å². The van der Waals surface area contributed by atoms with E-state index in [4.69, 9.17) is 10.5 Å². The van der Waals surface area contributed by atoms with Gasteiger partial charge in [0.05, 0.1) is 5.69 Å². The Morgan fingerprint density at radius 2 is 2.21 bits per heavy atom. The standard InChI is InChI=1S/C14H21N3O2/c1-14(2,3)19-13(18)17-8-4-5-10-6-7-11(9-15)16-12(10)17/h6-7H,4-5,8-9,15H2,1-3H3. The van der Waals surface area contributed by atoms with E-state index in [1.807, 2.05) is 32.9 Å². The molecule has 1 amide bonds. The molecule has 0 saturated heterocycles. The van der Waals surface area contributed by atoms with Crippen molar-refractivity contribution in [3.05, 3.63) is 23.4 Å². The number of ether oxygens (including phenoxy) is 1. The smallest absolute Gasteiger partial charge is 0.416 e. The van der Waals surface area contributed by atoms with Gasteiger partial charge >= 0.3 is 6.09 Å². The van der Waals surface area contributed by atoms with Gasteiger partial charge < -0.3 is 10.5 Å². The highest BCUT2D eigenvalue weighted by Crippen LogP contribution is 2.26. The Hall–Kier alpha value is -1.62. The van der Waals surface area contributed by atoms with Crippen molar-refractivity contribution in [3.63, 3.8) is 0 Å². The summed E-state index contributed by atoms with van der Waals surface area (Å²) >= 11 is 0. The van der Waals surface area contributed by atoms with Crippen molar-refractivity contribution in [2.75, 3.05) is 11.4 Å². The molecule has 2 rings (SSSR count). The van der Waals surface area contributed by atoms with Crippen LogP contribution < -0.4 is 10.6 Å². The second-order valence-corrected chi connectivity index (χ2v) is 5.72. The molecule has 2 N–H and O–H groups in total. The van der Waals surface area contributed by atoms with Crippen LogP contribution in [0.3, 0.4) is 0 Å². The highest BCUT2D eigenvalue weighted by molar-refractivity contribution is 5.88. The molecule has 1 aromatic rings. The molecule has 2 heterocycles. The summed E-state index contributed by atoms with van der Waals surface area (Å²) in [7, 11) is 0. The Morgan fingerprint density at radius 1 is 1.47 bits per heavy atom. The van der Waals surface area contributed by atoms with E-state index in [9.17, 15) is 4.79 Å². The number of rotatable bonds is 1. The third kappa shape index (κ3) is 3.23. The molecule has 0 fully saturated rings. The van der Waals surface area contributed by atoms with Gasteiger partial charge in [-0.15, -0.1) is 0 Å². The molecular weight excluding hydrogens is 242 g/mol. The third-order valence-electron chi connectivity index (χ3n) is 2.92. The SMILES string of the molecule is CC(C)(C)OC(=O)N1CCCc2ccc(CN)nc21. The zero-order valence-electron chi connectivity index (χ0n) is 11.8. The van der Waals surface area contributed by atoms with Crippen LogP contribution in [0.1, 0.15) is 38.4 Å². The van der Waals surface area contributed by atoms with E-state index >= 15 is 0 Å². The van der Waals surface area contributed by atoms with Gasteiger partial charge in [0.1, 0.15) is 11.4 Å². The van der Waals surface area contributed by atoms with E-state index in [1.54, 1.807) is 4.90 Å². The fourth-order valence-electron chi connectivity index (χ4n) is 2.09. The number of nitrogens with zero attached hydrogens (tertiary/aromatic N) is 2. The number of hydrogen-bond donors (Lipinski definition) is 1. The van der Waals surface area contributed by atoms with Gasteiger partial charge in [0, 0.05) is 13.1 Å². The monoisotopic (exact) mass is 263 g/mol. The normalized spacial score (nSPS) is 15.1. The predicted molar refractivity (Wildman–Crippen MR) is 74.0 cm³/mol. The van der Waals surface area contributed by atoms with Crippen LogP contribution in [0.4, 0.5) is 10.6 Å². The number of carbonyl (C=O) groups is 1. The molecular formula is C14H21N3O2. The van der Waals surface area contributed by atoms with Crippen molar-refractivity contribution >= 4 is 11.9 Å². The number of anilines is 1. The average molecular weight is 263 g/mol. The van der Waals surface area contributed by atoms with Crippen molar-refractivity contribution in [1.29, 1.82) is 0 Å². The summed E-state index contributed by atoms with van der Waals surface area (Å²) in [6, 6.07) is 3.92. The molecule has 0 unspecified atom stereocenters. The quantitative estimate of drug-likeness (QED) is 0.843. The van der Waals surface area contributed by atoms with Crippen LogP contribution in [0.15, 0.2) is 12.1 Å². The minimum absolute atomic E-state index is 0.338. The largest absolute Gasteiger partial charge is 0.443 e. The molecule has 0 aromatic carbocycles. The maximum absolute atomic E-state index is 12.2. The maximum atomic E-state index is 12.2. The molecule has 1 aliphatic rings. The first kappa shape index (κ1) is 13.8. The van der Waals surface area contributed by atoms with Gasteiger partial charge in [-0.1, -0.05) is 6.07 Å². The molecule has 1 aliphatic heterocycles. The summed E-state index contributed by atoms with van der Waals surface area (Å²) < 4.78 is 5.42. The van der Waals surface area contributed by atoms with Crippen molar-refractivity contribution in [2.45, 2.75) is 45.8 Å². The molecule has 0 radical (unpaired) electrons. The molecule has 19 heavy (non-hydrogen) atoms. The number of carbonyl (C=O) groups excluding carboxylic acids is 1. The van der Waals surface area contributed by atoms with Crippen molar-refractivity contribution in [1.82, 2.24) is 4.98 Å². The van der Waals surface area contributed by atoms with E-state index < -0.39 is 5.60 Å². The lowest BCUT2D eigenvalue weighted by molar-refractivity contribution is 0.0576. The Morgan fingerprint density at radius 3 is 2.84 bits per heavy atom. The Bertz CT molecular complexity index is 480. The van der Waals surface area contributed by atoms with Crippen LogP contribution in [0, 0.1) is 0 Å². The summed E-state index contributed by atoms with van der Waals surface area (Å²) in [5.41, 5.74) is 6.97. The predicted octanol–water partition coefficient (Wildman–Crippen LogP) is 2.23. The van der Waals surface area contributed by atoms with Crippen LogP contribution in [-0.2, 0) is 17.7 Å². The minimum Gasteiger partial charge on any atom is -0.443 e. The van der Waals surface area contributed by atoms with Gasteiger partial charge in [-0.3, -0.25) is 4.90 Å². The number of fused-ring (bicyclic) bond motifs is 1. The Balaban J connectivity index is 2.28. The molecule has 0 spiro atoms. The number of aromatic nitrogens is 1. The second-order valence-electron chi connectivity index (χ2n) is 5.72. The Kier molecular flexibility index (Phi) is 3.75. The lowest BCUT2D eigenvalue weighted by atomic mass is 10.1. The van der Waals surface area contributed by atoms with E-state index in [2.05, 4.69) is 4.98 Å². The molecule has 0 atom stereocenters. The van der Waals surface area contributed by atoms with Crippen LogP contribution >= 0.6 is 0 Å². The van der Waals surface area contributed by atoms with Gasteiger partial charge in [0.15, 0.2) is 0 Å². The first-order valence-electron chi connectivity index (χ1n) is 6.60. The number of amides is 1. The summed E-state index contributed by atoms with van der Waals surface area (Å²) in [6.45, 7) is 6.59. The van der Waals surface area contributed by atoms with Gasteiger partial charge in [-0.25, -0.2) is 9.78 Å². The van der Waals surface area contributed by atoms with Crippen molar-refractivity contribution < 1.29 is 9.53 Å². The molecule has 0 saturated carbocycles. The maximum Gasteiger partial charge on any atom is 0.416 e. The van der Waals surface area contributed by atoms with E-state index in [-0.39, 0.29) is 6.09 Å². The summed E-state index contributed by atoms with van der Waals surface area (Å²) in [5.74, 6) is 0.698. The molecule has 5 nitrogen and oxygen atoms in total. The zero-order chi connectivity index (χ0) is 14.0. The molecule has 0 aliphatic carbocycles. The summed E-state index contributed by atoms with van der Waals surface area (Å²) in [5, 5.41) is 0. The van der Waals surface area contributed by atoms with Crippen LogP contribution in [0.2, 0.25) is 0 Å². The van der Waals surface area contributed by atoms with Crippen LogP contribution in [0.25, 0.3) is 0 Å². The number of pyridine rings is 1. The van der Waals surface area contributed by atoms with Crippen molar-refractivity contribution in [2.24, 2.45) is 5.73 Å². The molecule has 5 heteroatoms. The van der Waals surface area contributed by atoms with Crippen molar-refractivity contribution in [3.8, 4) is 0 Å². The fraction of sp³-hybridized carbons (Fsp3) is 0.571. The van der Waals surface area contributed by atoms with Gasteiger partial charge in [-0.2, -0.15) is 0 Å². The zero-order valence-corrected chi connectivity index (χ0v) is 11.8. The van der Waals surface area contributed by atoms with Gasteiger partial charge in [0.2, 0.25) is 0 Å². The first-order chi connectivity index (χ1) is 8.90. The average Bonchev–Trinajstić information content (AvgIpc) is 2.35. The van der Waals surface area contributed by atoms with Gasteiger partial charge in [-0.05, 0) is 45.2 Å². The van der Waals surface area contributed by atoms with Gasteiger partial charge in [0.25, 0.3) is 0 Å². The first-order valence-corrected chi connectivity index (χ1v) is 6.60. The molecule has 1 aromatic heterocycles. The number of hydrogen-bond acceptors (Lipinski definition) is 4. The Labute approximate surface area is 113 Å². The molecule has 104 valence electrons. The lowest BCUT2D eigenvalue weighted by Crippen LogP contribution is -2.40. The van der Waals surface area contributed by atoms with E-state index in [1.165, 1.54) is 0 Å². The molecule has 0 bridgehead atoms. The van der Waals surface area contributed by atoms with E-state index in [0.717, 1.165) is 24.1 Å². The minimum atomic E-state index is -0.500. The van der Waals surface area contributed by atoms with Crippen LogP contribution in [-0.4, -0.2) is 23.2 Å². The summed E-state index contributed by atoms with van der Waals surface area (Å²) in [6.07, 6.45) is 1.53. The topological polar surface area (TPSA) is 68.5 Å². The summed E-state index contributed by atoms with van der Waals surface area (Å²) in [4.78, 5) is 18.3. The van der Waals surface area contributed by atoms with Crippen LogP contribution in [0.5, 0.6) is 0 Å². The number of aryl methyl sites for hydroxylation is 1. The highest BCUT2D eigenvalue weighted by Gasteiger charge is 2.28. The number of nitrogens with two attached hydrogens (primary N) is 1. The fourth-order valence-corrected chi connectivity index (χ4v) is 2.09.